The monoisotopic (exact) mass is 611 g/mol. The van der Waals surface area contributed by atoms with Crippen LogP contribution >= 0.6 is 11.6 Å². The molecule has 220 valence electrons. The number of carbonyl (C=O) groups is 1. The number of benzene rings is 1. The van der Waals surface area contributed by atoms with Gasteiger partial charge in [-0.3, -0.25) is 14.2 Å². The molecule has 2 N–H and O–H groups in total. The summed E-state index contributed by atoms with van der Waals surface area (Å²) in [6, 6.07) is 6.37. The van der Waals surface area contributed by atoms with Crippen molar-refractivity contribution in [2.75, 3.05) is 29.6 Å². The molecule has 1 aliphatic heterocycles. The molecule has 1 saturated heterocycles. The Morgan fingerprint density at radius 3 is 2.52 bits per heavy atom. The van der Waals surface area contributed by atoms with Gasteiger partial charge in [-0.05, 0) is 56.4 Å². The molecule has 1 aliphatic carbocycles. The Labute approximate surface area is 247 Å². The lowest BCUT2D eigenvalue weighted by Gasteiger charge is -2.24. The number of pyridine rings is 1. The summed E-state index contributed by atoms with van der Waals surface area (Å²) in [7, 11) is -2.09. The molecule has 0 radical (unpaired) electrons. The number of hydrogen-bond acceptors (Lipinski definition) is 10. The highest BCUT2D eigenvalue weighted by Crippen LogP contribution is 2.58. The second kappa shape index (κ2) is 10.1. The average Bonchev–Trinajstić information content (AvgIpc) is 3.20. The second-order valence-corrected chi connectivity index (χ2v) is 13.3. The molecule has 12 nitrogen and oxygen atoms in total. The van der Waals surface area contributed by atoms with E-state index in [-0.39, 0.29) is 28.0 Å². The number of sulfonamides is 1. The predicted molar refractivity (Wildman–Crippen MR) is 158 cm³/mol. The van der Waals surface area contributed by atoms with Crippen LogP contribution in [0.2, 0.25) is 5.15 Å². The van der Waals surface area contributed by atoms with Crippen molar-refractivity contribution in [1.82, 2.24) is 24.2 Å². The van der Waals surface area contributed by atoms with Crippen LogP contribution in [0.3, 0.4) is 0 Å². The Bertz CT molecular complexity index is 1910. The number of nitrogens with one attached hydrogen (secondary N) is 2. The van der Waals surface area contributed by atoms with Gasteiger partial charge in [0.1, 0.15) is 10.9 Å². The number of anilines is 2. The second-order valence-electron chi connectivity index (χ2n) is 11.2. The standard InChI is InChI=1S/C28H30ClN7O5S/c1-13-8-16(15(3)31-20-6-7-21(29)32-24(20)25(37)34-42(5,39)40)23-17(9-13)27(38)35(4)28(33-23)36-11-18-19(12-36)22(18)26-30-10-14(2)41-26/h6-10,15,18-19,22,31H,11-12H2,1-5H3,(H,34,37)/t15-,18-,19+,22?/m1/s1. The third-order valence-corrected chi connectivity index (χ3v) is 8.69. The third kappa shape index (κ3) is 5.11. The molecule has 0 bridgehead atoms. The summed E-state index contributed by atoms with van der Waals surface area (Å²) in [4.78, 5) is 41.9. The Morgan fingerprint density at radius 2 is 1.88 bits per heavy atom. The summed E-state index contributed by atoms with van der Waals surface area (Å²) in [5, 5.41) is 3.76. The minimum atomic E-state index is -3.83. The van der Waals surface area contributed by atoms with Crippen LogP contribution in [0.4, 0.5) is 11.6 Å². The molecule has 4 heterocycles. The van der Waals surface area contributed by atoms with Gasteiger partial charge in [0.2, 0.25) is 16.0 Å². The number of halogens is 1. The van der Waals surface area contributed by atoms with Gasteiger partial charge in [0.05, 0.1) is 35.1 Å². The summed E-state index contributed by atoms with van der Waals surface area (Å²) in [5.74, 6) is 2.32. The number of hydrogen-bond donors (Lipinski definition) is 2. The minimum absolute atomic E-state index is 0.0338. The number of rotatable bonds is 7. The van der Waals surface area contributed by atoms with Gasteiger partial charge in [-0.1, -0.05) is 17.7 Å². The van der Waals surface area contributed by atoms with Crippen molar-refractivity contribution in [2.45, 2.75) is 32.7 Å². The average molecular weight is 612 g/mol. The van der Waals surface area contributed by atoms with Crippen molar-refractivity contribution in [2.24, 2.45) is 18.9 Å². The Balaban J connectivity index is 1.33. The normalized spacial score (nSPS) is 20.4. The number of amides is 1. The number of piperidine rings is 1. The predicted octanol–water partition coefficient (Wildman–Crippen LogP) is 3.30. The van der Waals surface area contributed by atoms with Gasteiger partial charge in [-0.2, -0.15) is 0 Å². The largest absolute Gasteiger partial charge is 0.446 e. The molecule has 6 rings (SSSR count). The van der Waals surface area contributed by atoms with Crippen LogP contribution in [0.15, 0.2) is 39.7 Å². The van der Waals surface area contributed by atoms with Crippen molar-refractivity contribution < 1.29 is 17.6 Å². The maximum Gasteiger partial charge on any atom is 0.285 e. The molecule has 2 fully saturated rings. The number of nitrogens with zero attached hydrogens (tertiary/aromatic N) is 5. The number of oxazole rings is 1. The molecule has 4 atom stereocenters. The number of aromatic nitrogens is 4. The van der Waals surface area contributed by atoms with E-state index in [0.29, 0.717) is 28.7 Å². The lowest BCUT2D eigenvalue weighted by atomic mass is 10.0. The molecule has 2 aliphatic rings. The van der Waals surface area contributed by atoms with Crippen LogP contribution in [0.1, 0.15) is 52.1 Å². The van der Waals surface area contributed by atoms with Crippen LogP contribution in [-0.2, 0) is 17.1 Å². The lowest BCUT2D eigenvalue weighted by Crippen LogP contribution is -2.32. The summed E-state index contributed by atoms with van der Waals surface area (Å²) >= 11 is 6.03. The number of fused-ring (bicyclic) bond motifs is 2. The van der Waals surface area contributed by atoms with Crippen LogP contribution in [0.25, 0.3) is 10.9 Å². The van der Waals surface area contributed by atoms with Crippen molar-refractivity contribution in [1.29, 1.82) is 0 Å². The first-order valence-corrected chi connectivity index (χ1v) is 15.7. The summed E-state index contributed by atoms with van der Waals surface area (Å²) in [5.41, 5.74) is 2.10. The molecule has 14 heteroatoms. The summed E-state index contributed by atoms with van der Waals surface area (Å²) < 4.78 is 32.7. The fourth-order valence-corrected chi connectivity index (χ4v) is 6.57. The maximum atomic E-state index is 13.6. The van der Waals surface area contributed by atoms with E-state index in [0.717, 1.165) is 42.1 Å². The van der Waals surface area contributed by atoms with E-state index >= 15 is 0 Å². The third-order valence-electron chi connectivity index (χ3n) is 7.92. The summed E-state index contributed by atoms with van der Waals surface area (Å²) in [6.45, 7) is 7.14. The zero-order valence-electron chi connectivity index (χ0n) is 23.7. The van der Waals surface area contributed by atoms with E-state index < -0.39 is 22.0 Å². The fourth-order valence-electron chi connectivity index (χ4n) is 5.99. The molecule has 1 saturated carbocycles. The zero-order valence-corrected chi connectivity index (χ0v) is 25.2. The molecule has 4 aromatic rings. The molecule has 0 spiro atoms. The van der Waals surface area contributed by atoms with E-state index in [1.165, 1.54) is 6.07 Å². The lowest BCUT2D eigenvalue weighted by molar-refractivity contribution is 0.0977. The van der Waals surface area contributed by atoms with Gasteiger partial charge in [0.15, 0.2) is 11.6 Å². The fraction of sp³-hybridized carbons (Fsp3) is 0.393. The van der Waals surface area contributed by atoms with Crippen molar-refractivity contribution in [3.05, 3.63) is 74.4 Å². The van der Waals surface area contributed by atoms with E-state index in [2.05, 4.69) is 20.2 Å². The number of aryl methyl sites for hydroxylation is 2. The Morgan fingerprint density at radius 1 is 1.17 bits per heavy atom. The molecule has 3 aromatic heterocycles. The maximum absolute atomic E-state index is 13.6. The first-order valence-electron chi connectivity index (χ1n) is 13.4. The van der Waals surface area contributed by atoms with Gasteiger partial charge >= 0.3 is 0 Å². The molecule has 1 unspecified atom stereocenters. The van der Waals surface area contributed by atoms with Crippen LogP contribution in [0, 0.1) is 25.7 Å². The van der Waals surface area contributed by atoms with E-state index in [4.69, 9.17) is 21.0 Å². The number of carbonyl (C=O) groups excluding carboxylic acids is 1. The SMILES string of the molecule is Cc1cc([C@@H](C)Nc2ccc(Cl)nc2C(=O)NS(C)(=O)=O)c2nc(N3C[C@@H]4C(c5ncc(C)o5)[C@@H]4C3)n(C)c(=O)c2c1. The van der Waals surface area contributed by atoms with Crippen LogP contribution in [0.5, 0.6) is 0 Å². The molecule has 1 aromatic carbocycles. The first kappa shape index (κ1) is 28.2. The summed E-state index contributed by atoms with van der Waals surface area (Å²) in [6.07, 6.45) is 2.63. The van der Waals surface area contributed by atoms with Crippen molar-refractivity contribution >= 4 is 50.1 Å². The van der Waals surface area contributed by atoms with Gasteiger partial charge in [-0.25, -0.2) is 28.1 Å². The highest BCUT2D eigenvalue weighted by Gasteiger charge is 2.59. The Hall–Kier alpha value is -3.97. The molecule has 42 heavy (non-hydrogen) atoms. The van der Waals surface area contributed by atoms with Crippen molar-refractivity contribution in [3.8, 4) is 0 Å². The smallest absolute Gasteiger partial charge is 0.285 e. The topological polar surface area (TPSA) is 152 Å². The quantitative estimate of drug-likeness (QED) is 0.298. The van der Waals surface area contributed by atoms with Gasteiger partial charge in [-0.15, -0.1) is 0 Å². The zero-order chi connectivity index (χ0) is 30.1. The minimum Gasteiger partial charge on any atom is -0.446 e. The highest BCUT2D eigenvalue weighted by atomic mass is 35.5. The van der Waals surface area contributed by atoms with Gasteiger partial charge in [0.25, 0.3) is 11.5 Å². The van der Waals surface area contributed by atoms with E-state index in [9.17, 15) is 18.0 Å². The van der Waals surface area contributed by atoms with Crippen LogP contribution < -0.4 is 20.5 Å². The van der Waals surface area contributed by atoms with E-state index in [1.807, 2.05) is 37.6 Å². The molecular weight excluding hydrogens is 582 g/mol. The molecule has 1 amide bonds. The van der Waals surface area contributed by atoms with Gasteiger partial charge in [0, 0.05) is 31.6 Å². The Kier molecular flexibility index (Phi) is 6.76. The van der Waals surface area contributed by atoms with E-state index in [1.54, 1.807) is 23.9 Å². The van der Waals surface area contributed by atoms with Crippen molar-refractivity contribution in [3.63, 3.8) is 0 Å². The highest BCUT2D eigenvalue weighted by molar-refractivity contribution is 7.89. The molecular formula is C28H30ClN7O5S. The first-order chi connectivity index (χ1) is 19.8. The van der Waals surface area contributed by atoms with Gasteiger partial charge < -0.3 is 14.6 Å². The van der Waals surface area contributed by atoms with Crippen LogP contribution in [-0.4, -0.2) is 53.2 Å².